The SMILES string of the molecule is C[C@H](NC(=O)c1cc(Cl)cc(S(=O)(=O)C(F)F)c1)c1nc(C2CC2)nn1-c1cc(C(N)=O)ncn1. The van der Waals surface area contributed by atoms with Crippen molar-refractivity contribution in [1.29, 1.82) is 0 Å². The molecule has 0 unspecified atom stereocenters. The van der Waals surface area contributed by atoms with E-state index < -0.39 is 38.3 Å². The molecule has 4 rings (SSSR count). The van der Waals surface area contributed by atoms with Crippen molar-refractivity contribution in [3.8, 4) is 5.82 Å². The predicted octanol–water partition coefficient (Wildman–Crippen LogP) is 2.17. The minimum Gasteiger partial charge on any atom is -0.364 e. The van der Waals surface area contributed by atoms with E-state index in [0.717, 1.165) is 37.4 Å². The zero-order chi connectivity index (χ0) is 25.5. The van der Waals surface area contributed by atoms with E-state index in [1.165, 1.54) is 10.7 Å². The number of nitrogens with zero attached hydrogens (tertiary/aromatic N) is 5. The van der Waals surface area contributed by atoms with Crippen LogP contribution in [-0.2, 0) is 9.84 Å². The van der Waals surface area contributed by atoms with Crippen LogP contribution in [0.1, 0.15) is 64.2 Å². The van der Waals surface area contributed by atoms with Crippen molar-refractivity contribution >= 4 is 33.3 Å². The molecular formula is C20H18ClF2N7O4S. The Morgan fingerprint density at radius 3 is 2.54 bits per heavy atom. The normalized spacial score (nSPS) is 14.7. The number of aromatic nitrogens is 5. The first-order chi connectivity index (χ1) is 16.5. The molecule has 1 aromatic carbocycles. The van der Waals surface area contributed by atoms with Gasteiger partial charge in [0.05, 0.1) is 10.9 Å². The van der Waals surface area contributed by atoms with E-state index in [1.54, 1.807) is 6.92 Å². The van der Waals surface area contributed by atoms with Gasteiger partial charge in [-0.3, -0.25) is 9.59 Å². The largest absolute Gasteiger partial charge is 0.364 e. The van der Waals surface area contributed by atoms with Crippen LogP contribution in [-0.4, -0.2) is 50.7 Å². The molecule has 3 N–H and O–H groups in total. The van der Waals surface area contributed by atoms with E-state index in [-0.39, 0.29) is 33.8 Å². The highest BCUT2D eigenvalue weighted by molar-refractivity contribution is 7.91. The molecular weight excluding hydrogens is 508 g/mol. The van der Waals surface area contributed by atoms with E-state index in [9.17, 15) is 26.8 Å². The molecule has 1 atom stereocenters. The Hall–Kier alpha value is -3.52. The van der Waals surface area contributed by atoms with E-state index in [4.69, 9.17) is 17.3 Å². The number of halogens is 3. The predicted molar refractivity (Wildman–Crippen MR) is 118 cm³/mol. The molecule has 0 spiro atoms. The second-order valence-corrected chi connectivity index (χ2v) is 10.2. The van der Waals surface area contributed by atoms with Gasteiger partial charge in [0, 0.05) is 22.6 Å². The van der Waals surface area contributed by atoms with Gasteiger partial charge in [-0.05, 0) is 38.0 Å². The maximum absolute atomic E-state index is 13.0. The number of alkyl halides is 2. The molecule has 2 amide bonds. The number of sulfone groups is 1. The maximum atomic E-state index is 13.0. The number of nitrogens with two attached hydrogens (primary N) is 1. The number of rotatable bonds is 8. The average molecular weight is 526 g/mol. The van der Waals surface area contributed by atoms with Crippen molar-refractivity contribution in [2.24, 2.45) is 5.73 Å². The van der Waals surface area contributed by atoms with Gasteiger partial charge in [0.25, 0.3) is 11.8 Å². The molecule has 1 fully saturated rings. The van der Waals surface area contributed by atoms with Crippen LogP contribution in [0.5, 0.6) is 0 Å². The van der Waals surface area contributed by atoms with Gasteiger partial charge in [0.15, 0.2) is 17.5 Å². The summed E-state index contributed by atoms with van der Waals surface area (Å²) in [6.45, 7) is 1.59. The Morgan fingerprint density at radius 1 is 1.20 bits per heavy atom. The Bertz CT molecular complexity index is 1430. The number of nitrogens with one attached hydrogen (secondary N) is 1. The minimum absolute atomic E-state index is 0.0483. The van der Waals surface area contributed by atoms with E-state index >= 15 is 0 Å². The molecule has 35 heavy (non-hydrogen) atoms. The topological polar surface area (TPSA) is 163 Å². The summed E-state index contributed by atoms with van der Waals surface area (Å²) in [4.78, 5) is 36.0. The zero-order valence-electron chi connectivity index (χ0n) is 18.0. The summed E-state index contributed by atoms with van der Waals surface area (Å²) >= 11 is 5.88. The molecule has 0 radical (unpaired) electrons. The lowest BCUT2D eigenvalue weighted by Gasteiger charge is -2.15. The standard InChI is InChI=1S/C20H18ClF2N7O4S/c1-9(27-19(32)11-4-12(21)6-13(5-11)35(33,34)20(22)23)18-28-17(10-2-3-10)29-30(18)15-7-14(16(24)31)25-8-26-15/h4-10,20H,2-3H2,1H3,(H2,24,31)(H,27,32)/t9-/m0/s1. The van der Waals surface area contributed by atoms with Gasteiger partial charge in [0.1, 0.15) is 12.0 Å². The van der Waals surface area contributed by atoms with Crippen LogP contribution < -0.4 is 11.1 Å². The fourth-order valence-electron chi connectivity index (χ4n) is 3.21. The number of amides is 2. The summed E-state index contributed by atoms with van der Waals surface area (Å²) in [6, 6.07) is 3.33. The van der Waals surface area contributed by atoms with Crippen molar-refractivity contribution in [1.82, 2.24) is 30.0 Å². The molecule has 0 bridgehead atoms. The van der Waals surface area contributed by atoms with Crippen LogP contribution in [0.2, 0.25) is 5.02 Å². The fraction of sp³-hybridized carbons (Fsp3) is 0.300. The maximum Gasteiger partial charge on any atom is 0.341 e. The summed E-state index contributed by atoms with van der Waals surface area (Å²) in [7, 11) is -4.97. The lowest BCUT2D eigenvalue weighted by Crippen LogP contribution is -2.29. The number of primary amides is 1. The zero-order valence-corrected chi connectivity index (χ0v) is 19.6. The first kappa shape index (κ1) is 24.6. The Balaban J connectivity index is 1.66. The van der Waals surface area contributed by atoms with Crippen LogP contribution in [0.4, 0.5) is 8.78 Å². The second-order valence-electron chi connectivity index (χ2n) is 7.82. The smallest absolute Gasteiger partial charge is 0.341 e. The third-order valence-electron chi connectivity index (χ3n) is 5.14. The Kier molecular flexibility index (Phi) is 6.51. The molecule has 0 aliphatic heterocycles. The van der Waals surface area contributed by atoms with Crippen molar-refractivity contribution < 1.29 is 26.8 Å². The van der Waals surface area contributed by atoms with Crippen molar-refractivity contribution in [2.45, 2.75) is 42.4 Å². The summed E-state index contributed by atoms with van der Waals surface area (Å²) in [6.07, 6.45) is 2.92. The third kappa shape index (κ3) is 5.12. The average Bonchev–Trinajstić information content (AvgIpc) is 3.56. The van der Waals surface area contributed by atoms with Gasteiger partial charge in [-0.1, -0.05) is 11.6 Å². The summed E-state index contributed by atoms with van der Waals surface area (Å²) in [5, 5.41) is 6.88. The first-order valence-electron chi connectivity index (χ1n) is 10.2. The van der Waals surface area contributed by atoms with Gasteiger partial charge >= 0.3 is 5.76 Å². The molecule has 3 aromatic rings. The summed E-state index contributed by atoms with van der Waals surface area (Å²) in [5.41, 5.74) is 5.00. The molecule has 1 saturated carbocycles. The van der Waals surface area contributed by atoms with Crippen LogP contribution in [0.3, 0.4) is 0 Å². The Labute approximate surface area is 202 Å². The molecule has 11 nitrogen and oxygen atoms in total. The molecule has 2 aromatic heterocycles. The van der Waals surface area contributed by atoms with E-state index in [1.807, 2.05) is 0 Å². The van der Waals surface area contributed by atoms with Gasteiger partial charge in [0.2, 0.25) is 9.84 Å². The summed E-state index contributed by atoms with van der Waals surface area (Å²) < 4.78 is 51.0. The number of benzene rings is 1. The van der Waals surface area contributed by atoms with Crippen molar-refractivity contribution in [2.75, 3.05) is 0 Å². The lowest BCUT2D eigenvalue weighted by atomic mass is 10.2. The second kappa shape index (κ2) is 9.26. The van der Waals surface area contributed by atoms with Gasteiger partial charge in [-0.2, -0.15) is 13.5 Å². The lowest BCUT2D eigenvalue weighted by molar-refractivity contribution is 0.0936. The Morgan fingerprint density at radius 2 is 1.91 bits per heavy atom. The summed E-state index contributed by atoms with van der Waals surface area (Å²) in [5.74, 6) is -4.11. The molecule has 15 heteroatoms. The monoisotopic (exact) mass is 525 g/mol. The molecule has 184 valence electrons. The van der Waals surface area contributed by atoms with Crippen molar-refractivity contribution in [3.63, 3.8) is 0 Å². The fourth-order valence-corrected chi connectivity index (χ4v) is 4.30. The minimum atomic E-state index is -4.97. The molecule has 2 heterocycles. The highest BCUT2D eigenvalue weighted by Crippen LogP contribution is 2.38. The van der Waals surface area contributed by atoms with Crippen LogP contribution in [0, 0.1) is 0 Å². The number of carbonyl (C=O) groups excluding carboxylic acids is 2. The van der Waals surface area contributed by atoms with Gasteiger partial charge in [-0.15, -0.1) is 5.10 Å². The molecule has 0 saturated heterocycles. The number of hydrogen-bond donors (Lipinski definition) is 2. The van der Waals surface area contributed by atoms with Gasteiger partial charge in [-0.25, -0.2) is 23.4 Å². The van der Waals surface area contributed by atoms with Crippen molar-refractivity contribution in [3.05, 3.63) is 58.5 Å². The van der Waals surface area contributed by atoms with Gasteiger partial charge < -0.3 is 11.1 Å². The highest BCUT2D eigenvalue weighted by Gasteiger charge is 2.32. The van der Waals surface area contributed by atoms with Crippen LogP contribution in [0.25, 0.3) is 5.82 Å². The molecule has 1 aliphatic carbocycles. The quantitative estimate of drug-likeness (QED) is 0.452. The van der Waals surface area contributed by atoms with E-state index in [2.05, 4.69) is 25.4 Å². The van der Waals surface area contributed by atoms with Crippen LogP contribution >= 0.6 is 11.6 Å². The molecule has 1 aliphatic rings. The highest BCUT2D eigenvalue weighted by atomic mass is 35.5. The third-order valence-corrected chi connectivity index (χ3v) is 6.72. The number of carbonyl (C=O) groups is 2. The van der Waals surface area contributed by atoms with Crippen LogP contribution in [0.15, 0.2) is 35.5 Å². The van der Waals surface area contributed by atoms with E-state index in [0.29, 0.717) is 5.82 Å². The number of hydrogen-bond acceptors (Lipinski definition) is 8. The first-order valence-corrected chi connectivity index (χ1v) is 12.1.